The Balaban J connectivity index is 1.63. The molecule has 0 amide bonds. The number of thioether (sulfide) groups is 1. The molecule has 27 heavy (non-hydrogen) atoms. The van der Waals surface area contributed by atoms with Crippen molar-refractivity contribution in [1.29, 1.82) is 0 Å². The van der Waals surface area contributed by atoms with Crippen LogP contribution in [0.3, 0.4) is 0 Å². The fourth-order valence-electron chi connectivity index (χ4n) is 4.34. The summed E-state index contributed by atoms with van der Waals surface area (Å²) in [5.74, 6) is 0.818. The molecule has 1 fully saturated rings. The zero-order valence-electron chi connectivity index (χ0n) is 15.2. The van der Waals surface area contributed by atoms with Crippen molar-refractivity contribution in [2.24, 2.45) is 0 Å². The molecule has 0 saturated carbocycles. The van der Waals surface area contributed by atoms with E-state index in [1.165, 1.54) is 21.9 Å². The quantitative estimate of drug-likeness (QED) is 0.646. The highest BCUT2D eigenvalue weighted by Gasteiger charge is 2.38. The number of aryl methyl sites for hydroxylation is 3. The smallest absolute Gasteiger partial charge is 0.207 e. The molecule has 0 bridgehead atoms. The molecule has 3 aromatic rings. The van der Waals surface area contributed by atoms with Gasteiger partial charge in [-0.25, -0.2) is 8.42 Å². The molecule has 1 aliphatic carbocycles. The van der Waals surface area contributed by atoms with E-state index in [4.69, 9.17) is 0 Å². The van der Waals surface area contributed by atoms with E-state index < -0.39 is 10.0 Å². The number of nitrogens with zero attached hydrogens (tertiary/aromatic N) is 1. The molecule has 0 N–H and O–H groups in total. The maximum atomic E-state index is 13.4. The summed E-state index contributed by atoms with van der Waals surface area (Å²) in [4.78, 5) is 0.390. The Hall–Kier alpha value is -1.82. The van der Waals surface area contributed by atoms with Gasteiger partial charge >= 0.3 is 0 Å². The van der Waals surface area contributed by atoms with E-state index >= 15 is 0 Å². The van der Waals surface area contributed by atoms with Crippen LogP contribution in [0.4, 0.5) is 0 Å². The second-order valence-corrected chi connectivity index (χ2v) is 10.4. The maximum Gasteiger partial charge on any atom is 0.244 e. The van der Waals surface area contributed by atoms with Crippen molar-refractivity contribution in [3.05, 3.63) is 76.9 Å². The number of hydrogen-bond acceptors (Lipinski definition) is 3. The number of hydrogen-bond donors (Lipinski definition) is 0. The Kier molecular flexibility index (Phi) is 4.08. The van der Waals surface area contributed by atoms with Gasteiger partial charge in [-0.2, -0.15) is 4.31 Å². The zero-order chi connectivity index (χ0) is 18.6. The first-order valence-electron chi connectivity index (χ1n) is 9.29. The molecule has 1 aliphatic heterocycles. The van der Waals surface area contributed by atoms with Crippen molar-refractivity contribution in [3.8, 4) is 0 Å². The molecular weight excluding hydrogens is 374 g/mol. The molecule has 3 nitrogen and oxygen atoms in total. The molecule has 1 atom stereocenters. The number of benzene rings is 3. The first kappa shape index (κ1) is 17.3. The Bertz CT molecular complexity index is 1140. The second kappa shape index (κ2) is 6.36. The monoisotopic (exact) mass is 395 g/mol. The van der Waals surface area contributed by atoms with Crippen LogP contribution in [0.25, 0.3) is 10.8 Å². The third kappa shape index (κ3) is 2.72. The van der Waals surface area contributed by atoms with Gasteiger partial charge in [0.15, 0.2) is 0 Å². The van der Waals surface area contributed by atoms with E-state index in [2.05, 4.69) is 30.3 Å². The first-order valence-corrected chi connectivity index (χ1v) is 11.8. The lowest BCUT2D eigenvalue weighted by Gasteiger charge is -2.25. The average molecular weight is 396 g/mol. The molecule has 0 aromatic heterocycles. The molecule has 138 valence electrons. The van der Waals surface area contributed by atoms with Gasteiger partial charge in [0, 0.05) is 12.3 Å². The fourth-order valence-corrected chi connectivity index (χ4v) is 7.72. The van der Waals surface area contributed by atoms with Crippen molar-refractivity contribution in [2.75, 3.05) is 12.3 Å². The van der Waals surface area contributed by atoms with Crippen LogP contribution >= 0.6 is 11.8 Å². The van der Waals surface area contributed by atoms with Gasteiger partial charge in [-0.15, -0.1) is 11.8 Å². The molecule has 0 radical (unpaired) electrons. The molecule has 3 aromatic carbocycles. The fraction of sp³-hybridized carbons (Fsp3) is 0.273. The average Bonchev–Trinajstić information content (AvgIpc) is 3.31. The van der Waals surface area contributed by atoms with Crippen molar-refractivity contribution in [1.82, 2.24) is 4.31 Å². The van der Waals surface area contributed by atoms with Gasteiger partial charge in [-0.1, -0.05) is 42.5 Å². The predicted molar refractivity (Wildman–Crippen MR) is 112 cm³/mol. The van der Waals surface area contributed by atoms with Gasteiger partial charge in [-0.05, 0) is 64.9 Å². The van der Waals surface area contributed by atoms with Crippen LogP contribution in [0, 0.1) is 6.92 Å². The van der Waals surface area contributed by atoms with Gasteiger partial charge in [0.25, 0.3) is 0 Å². The number of sulfonamides is 1. The SMILES string of the molecule is Cc1cccc(S(=O)(=O)N2CCS[C@H]2c2ccc3c4c(cccc24)CC3)c1. The van der Waals surface area contributed by atoms with Crippen molar-refractivity contribution in [3.63, 3.8) is 0 Å². The largest absolute Gasteiger partial charge is 0.244 e. The predicted octanol–water partition coefficient (Wildman–Crippen LogP) is 4.68. The van der Waals surface area contributed by atoms with Crippen LogP contribution in [0.15, 0.2) is 59.5 Å². The summed E-state index contributed by atoms with van der Waals surface area (Å²) in [6, 6.07) is 18.0. The van der Waals surface area contributed by atoms with E-state index in [1.54, 1.807) is 28.2 Å². The van der Waals surface area contributed by atoms with Gasteiger partial charge < -0.3 is 0 Å². The molecule has 5 rings (SSSR count). The minimum Gasteiger partial charge on any atom is -0.207 e. The Labute approximate surface area is 164 Å². The Morgan fingerprint density at radius 1 is 1.00 bits per heavy atom. The van der Waals surface area contributed by atoms with Crippen LogP contribution in [-0.4, -0.2) is 25.0 Å². The van der Waals surface area contributed by atoms with Crippen molar-refractivity contribution in [2.45, 2.75) is 30.0 Å². The van der Waals surface area contributed by atoms with Crippen LogP contribution in [0.1, 0.15) is 27.6 Å². The standard InChI is InChI=1S/C22H21NO2S2/c1-15-4-2-6-18(14-15)27(24,25)23-12-13-26-22(23)20-11-10-17-9-8-16-5-3-7-19(20)21(16)17/h2-7,10-11,14,22H,8-9,12-13H2,1H3/t22-/m0/s1. The molecule has 0 spiro atoms. The maximum absolute atomic E-state index is 13.4. The highest BCUT2D eigenvalue weighted by atomic mass is 32.2. The minimum atomic E-state index is -3.52. The molecular formula is C22H21NO2S2. The summed E-state index contributed by atoms with van der Waals surface area (Å²) in [6.07, 6.45) is 2.17. The van der Waals surface area contributed by atoms with E-state index in [0.717, 1.165) is 29.7 Å². The molecule has 0 unspecified atom stereocenters. The highest BCUT2D eigenvalue weighted by Crippen LogP contribution is 2.45. The van der Waals surface area contributed by atoms with Gasteiger partial charge in [0.05, 0.1) is 10.3 Å². The van der Waals surface area contributed by atoms with E-state index in [1.807, 2.05) is 19.1 Å². The summed E-state index contributed by atoms with van der Waals surface area (Å²) in [5.41, 5.74) is 4.86. The second-order valence-electron chi connectivity index (χ2n) is 7.31. The van der Waals surface area contributed by atoms with E-state index in [-0.39, 0.29) is 5.37 Å². The Morgan fingerprint density at radius 3 is 2.59 bits per heavy atom. The van der Waals surface area contributed by atoms with E-state index in [0.29, 0.717) is 11.4 Å². The molecule has 5 heteroatoms. The molecule has 2 aliphatic rings. The third-order valence-electron chi connectivity index (χ3n) is 5.62. The lowest BCUT2D eigenvalue weighted by molar-refractivity contribution is 0.435. The van der Waals surface area contributed by atoms with Crippen LogP contribution in [0.2, 0.25) is 0 Å². The number of rotatable bonds is 3. The summed E-state index contributed by atoms with van der Waals surface area (Å²) in [5, 5.41) is 2.39. The van der Waals surface area contributed by atoms with Gasteiger partial charge in [0.2, 0.25) is 10.0 Å². The van der Waals surface area contributed by atoms with Crippen LogP contribution in [-0.2, 0) is 22.9 Å². The topological polar surface area (TPSA) is 37.4 Å². The lowest BCUT2D eigenvalue weighted by atomic mass is 10.00. The van der Waals surface area contributed by atoms with Crippen molar-refractivity contribution >= 4 is 32.6 Å². The zero-order valence-corrected chi connectivity index (χ0v) is 16.8. The van der Waals surface area contributed by atoms with Crippen molar-refractivity contribution < 1.29 is 8.42 Å². The van der Waals surface area contributed by atoms with Gasteiger partial charge in [0.1, 0.15) is 0 Å². The molecule has 1 saturated heterocycles. The highest BCUT2D eigenvalue weighted by molar-refractivity contribution is 8.01. The molecule has 1 heterocycles. The summed E-state index contributed by atoms with van der Waals surface area (Å²) in [6.45, 7) is 2.48. The van der Waals surface area contributed by atoms with E-state index in [9.17, 15) is 8.42 Å². The summed E-state index contributed by atoms with van der Waals surface area (Å²) < 4.78 is 28.4. The third-order valence-corrected chi connectivity index (χ3v) is 8.86. The normalized spacial score (nSPS) is 19.8. The van der Waals surface area contributed by atoms with Crippen LogP contribution in [0.5, 0.6) is 0 Å². The summed E-state index contributed by atoms with van der Waals surface area (Å²) in [7, 11) is -3.52. The van der Waals surface area contributed by atoms with Gasteiger partial charge in [-0.3, -0.25) is 0 Å². The minimum absolute atomic E-state index is 0.166. The first-order chi connectivity index (χ1) is 13.1. The summed E-state index contributed by atoms with van der Waals surface area (Å²) >= 11 is 1.72. The lowest BCUT2D eigenvalue weighted by Crippen LogP contribution is -2.30. The van der Waals surface area contributed by atoms with Crippen LogP contribution < -0.4 is 0 Å². The Morgan fingerprint density at radius 2 is 1.78 bits per heavy atom.